The molecule has 190 valence electrons. The van der Waals surface area contributed by atoms with E-state index in [-0.39, 0.29) is 36.5 Å². The molecule has 0 spiro atoms. The Labute approximate surface area is 212 Å². The van der Waals surface area contributed by atoms with Crippen LogP contribution in [0.15, 0.2) is 72.9 Å². The van der Waals surface area contributed by atoms with Crippen molar-refractivity contribution in [3.8, 4) is 11.8 Å². The smallest absolute Gasteiger partial charge is 0.455 e. The summed E-state index contributed by atoms with van der Waals surface area (Å²) >= 11 is 0. The zero-order chi connectivity index (χ0) is 26.8. The molecular weight excluding hydrogens is 484 g/mol. The Balaban J connectivity index is 1.58. The summed E-state index contributed by atoms with van der Waals surface area (Å²) in [5.41, 5.74) is 0.737. The average molecular weight is 508 g/mol. The molecule has 1 atom stereocenters. The van der Waals surface area contributed by atoms with Crippen molar-refractivity contribution in [3.05, 3.63) is 95.3 Å². The highest BCUT2D eigenvalue weighted by Crippen LogP contribution is 2.29. The number of nitriles is 1. The van der Waals surface area contributed by atoms with Crippen LogP contribution in [-0.2, 0) is 17.4 Å². The molecule has 0 fully saturated rings. The number of rotatable bonds is 11. The summed E-state index contributed by atoms with van der Waals surface area (Å²) in [6.45, 7) is 0.0666. The Morgan fingerprint density at radius 2 is 1.86 bits per heavy atom. The molecule has 1 heterocycles. The number of pyridine rings is 1. The molecule has 3 aromatic rings. The van der Waals surface area contributed by atoms with Gasteiger partial charge in [0.25, 0.3) is 0 Å². The van der Waals surface area contributed by atoms with Gasteiger partial charge in [-0.05, 0) is 47.9 Å². The number of ether oxygens (including phenoxy) is 1. The third-order valence-corrected chi connectivity index (χ3v) is 5.56. The van der Waals surface area contributed by atoms with Crippen molar-refractivity contribution in [2.24, 2.45) is 0 Å². The number of benzene rings is 2. The largest absolute Gasteiger partial charge is 0.493 e. The number of carbonyl (C=O) groups excluding carboxylic acids is 1. The molecule has 0 unspecified atom stereocenters. The van der Waals surface area contributed by atoms with Crippen LogP contribution in [0.3, 0.4) is 0 Å². The van der Waals surface area contributed by atoms with Crippen LogP contribution in [0.5, 0.6) is 5.75 Å². The topological polar surface area (TPSA) is 103 Å². The lowest BCUT2D eigenvalue weighted by Crippen LogP contribution is -2.25. The highest BCUT2D eigenvalue weighted by molar-refractivity contribution is 6.43. The minimum Gasteiger partial charge on any atom is -0.493 e. The van der Waals surface area contributed by atoms with Gasteiger partial charge < -0.3 is 14.8 Å². The zero-order valence-corrected chi connectivity index (χ0v) is 19.7. The minimum absolute atomic E-state index is 0.00957. The van der Waals surface area contributed by atoms with E-state index in [2.05, 4.69) is 4.98 Å². The molecule has 0 saturated carbocycles. The SMILES string of the molecule is N#CC(=Cc1cccc(OCCC(=O)C[C@@H](Cc2ccccc2)B(O)O)c1)c1ccc(C(F)(F)F)cn1. The number of allylic oxidation sites excluding steroid dienone is 1. The number of aromatic nitrogens is 1. The Hall–Kier alpha value is -3.94. The summed E-state index contributed by atoms with van der Waals surface area (Å²) in [4.78, 5) is 16.2. The average Bonchev–Trinajstić information content (AvgIpc) is 2.87. The van der Waals surface area contributed by atoms with Crippen molar-refractivity contribution in [2.75, 3.05) is 6.61 Å². The van der Waals surface area contributed by atoms with Gasteiger partial charge in [0.05, 0.1) is 23.4 Å². The van der Waals surface area contributed by atoms with Crippen molar-refractivity contribution in [1.82, 2.24) is 4.98 Å². The molecule has 2 N–H and O–H groups in total. The number of ketones is 1. The second kappa shape index (κ2) is 12.9. The van der Waals surface area contributed by atoms with Gasteiger partial charge in [-0.2, -0.15) is 18.4 Å². The van der Waals surface area contributed by atoms with Crippen LogP contribution < -0.4 is 4.74 Å². The number of hydrogen-bond acceptors (Lipinski definition) is 6. The summed E-state index contributed by atoms with van der Waals surface area (Å²) in [5, 5.41) is 28.8. The van der Waals surface area contributed by atoms with Crippen molar-refractivity contribution in [3.63, 3.8) is 0 Å². The predicted molar refractivity (Wildman–Crippen MR) is 133 cm³/mol. The highest BCUT2D eigenvalue weighted by Gasteiger charge is 2.30. The molecule has 0 bridgehead atoms. The summed E-state index contributed by atoms with van der Waals surface area (Å²) in [6, 6.07) is 19.9. The summed E-state index contributed by atoms with van der Waals surface area (Å²) in [7, 11) is -1.62. The summed E-state index contributed by atoms with van der Waals surface area (Å²) < 4.78 is 43.9. The number of alkyl halides is 3. The van der Waals surface area contributed by atoms with Gasteiger partial charge in [0.2, 0.25) is 0 Å². The van der Waals surface area contributed by atoms with Gasteiger partial charge in [-0.3, -0.25) is 9.78 Å². The van der Waals surface area contributed by atoms with E-state index in [0.29, 0.717) is 23.9 Å². The molecule has 37 heavy (non-hydrogen) atoms. The molecule has 0 aliphatic carbocycles. The van der Waals surface area contributed by atoms with Crippen LogP contribution in [0.1, 0.15) is 35.2 Å². The Morgan fingerprint density at radius 3 is 2.49 bits per heavy atom. The van der Waals surface area contributed by atoms with Crippen LogP contribution in [0.4, 0.5) is 13.2 Å². The van der Waals surface area contributed by atoms with Crippen LogP contribution in [0.25, 0.3) is 11.6 Å². The fraction of sp³-hybridized carbons (Fsp3) is 0.222. The number of Topliss-reactive ketones (excluding diaryl/α,β-unsaturated/α-hetero) is 1. The van der Waals surface area contributed by atoms with Crippen molar-refractivity contribution >= 4 is 24.6 Å². The lowest BCUT2D eigenvalue weighted by Gasteiger charge is -2.15. The van der Waals surface area contributed by atoms with E-state index in [1.54, 1.807) is 24.3 Å². The van der Waals surface area contributed by atoms with Gasteiger partial charge in [-0.25, -0.2) is 0 Å². The first-order valence-electron chi connectivity index (χ1n) is 11.5. The summed E-state index contributed by atoms with van der Waals surface area (Å²) in [5.74, 6) is -0.376. The standard InChI is InChI=1S/C27H24BF3N2O4/c29-27(30,31)22-9-10-26(33-18-22)21(17-32)13-20-7-4-8-25(15-20)37-12-11-24(34)16-23(28(35)36)14-19-5-2-1-3-6-19/h1-10,13,15,18,23,35-36H,11-12,14,16H2/t23-/m1/s1. The molecule has 0 saturated heterocycles. The fourth-order valence-corrected chi connectivity index (χ4v) is 3.62. The van der Waals surface area contributed by atoms with E-state index in [0.717, 1.165) is 17.7 Å². The van der Waals surface area contributed by atoms with E-state index in [9.17, 15) is 33.3 Å². The third-order valence-electron chi connectivity index (χ3n) is 5.56. The number of halogens is 3. The lowest BCUT2D eigenvalue weighted by molar-refractivity contribution is -0.137. The van der Waals surface area contributed by atoms with Gasteiger partial charge in [-0.1, -0.05) is 42.5 Å². The molecule has 0 aliphatic rings. The van der Waals surface area contributed by atoms with Crippen molar-refractivity contribution in [2.45, 2.75) is 31.3 Å². The molecule has 0 amide bonds. The fourth-order valence-electron chi connectivity index (χ4n) is 3.62. The quantitative estimate of drug-likeness (QED) is 0.280. The number of carbonyl (C=O) groups is 1. The zero-order valence-electron chi connectivity index (χ0n) is 19.7. The molecule has 0 aliphatic heterocycles. The third kappa shape index (κ3) is 8.60. The lowest BCUT2D eigenvalue weighted by atomic mass is 9.67. The predicted octanol–water partition coefficient (Wildman–Crippen LogP) is 4.98. The Morgan fingerprint density at radius 1 is 1.11 bits per heavy atom. The highest BCUT2D eigenvalue weighted by atomic mass is 19.4. The molecule has 6 nitrogen and oxygen atoms in total. The second-order valence-electron chi connectivity index (χ2n) is 8.38. The molecule has 0 radical (unpaired) electrons. The Bertz CT molecular complexity index is 1260. The first-order chi connectivity index (χ1) is 17.7. The maximum Gasteiger partial charge on any atom is 0.455 e. The normalized spacial score (nSPS) is 12.5. The van der Waals surface area contributed by atoms with Crippen LogP contribution in [0.2, 0.25) is 5.82 Å². The van der Waals surface area contributed by atoms with E-state index in [1.807, 2.05) is 36.4 Å². The van der Waals surface area contributed by atoms with E-state index < -0.39 is 24.7 Å². The molecular formula is C27H24BF3N2O4. The molecule has 1 aromatic heterocycles. The van der Waals surface area contributed by atoms with Crippen LogP contribution in [0, 0.1) is 11.3 Å². The van der Waals surface area contributed by atoms with Crippen molar-refractivity contribution < 1.29 is 32.8 Å². The monoisotopic (exact) mass is 508 g/mol. The van der Waals surface area contributed by atoms with E-state index in [4.69, 9.17) is 4.74 Å². The molecule has 2 aromatic carbocycles. The first-order valence-corrected chi connectivity index (χ1v) is 11.5. The molecule has 3 rings (SSSR count). The maximum atomic E-state index is 12.8. The first kappa shape index (κ1) is 27.6. The number of hydrogen-bond donors (Lipinski definition) is 2. The maximum absolute atomic E-state index is 12.8. The minimum atomic E-state index is -4.52. The van der Waals surface area contributed by atoms with Crippen molar-refractivity contribution in [1.29, 1.82) is 5.26 Å². The van der Waals surface area contributed by atoms with Crippen LogP contribution in [-0.4, -0.2) is 34.5 Å². The van der Waals surface area contributed by atoms with Gasteiger partial charge in [0, 0.05) is 24.9 Å². The van der Waals surface area contributed by atoms with Gasteiger partial charge >= 0.3 is 13.3 Å². The van der Waals surface area contributed by atoms with Gasteiger partial charge in [0.15, 0.2) is 0 Å². The second-order valence-corrected chi connectivity index (χ2v) is 8.38. The van der Waals surface area contributed by atoms with E-state index >= 15 is 0 Å². The Kier molecular flexibility index (Phi) is 9.61. The molecule has 10 heteroatoms. The summed E-state index contributed by atoms with van der Waals surface area (Å²) in [6.07, 6.45) is -1.95. The van der Waals surface area contributed by atoms with E-state index in [1.165, 1.54) is 6.08 Å². The number of nitrogens with zero attached hydrogens (tertiary/aromatic N) is 2. The van der Waals surface area contributed by atoms with Gasteiger partial charge in [0.1, 0.15) is 17.6 Å². The van der Waals surface area contributed by atoms with Crippen LogP contribution >= 0.6 is 0 Å². The van der Waals surface area contributed by atoms with Gasteiger partial charge in [-0.15, -0.1) is 0 Å².